The Balaban J connectivity index is 1.85. The summed E-state index contributed by atoms with van der Waals surface area (Å²) in [6.07, 6.45) is 0. The molecule has 0 spiro atoms. The Kier molecular flexibility index (Phi) is 5.22. The highest BCUT2D eigenvalue weighted by atomic mass is 79.9. The van der Waals surface area contributed by atoms with Crippen LogP contribution in [0.15, 0.2) is 46.9 Å². The van der Waals surface area contributed by atoms with Crippen LogP contribution in [0.2, 0.25) is 0 Å². The number of aryl methyl sites for hydroxylation is 1. The van der Waals surface area contributed by atoms with Gasteiger partial charge in [0.25, 0.3) is 0 Å². The van der Waals surface area contributed by atoms with E-state index in [2.05, 4.69) is 21.2 Å². The summed E-state index contributed by atoms with van der Waals surface area (Å²) in [6, 6.07) is 12.8. The SMILES string of the molecule is Cc1cccc(OCCNc2ccc(C(=O)O)cc2Br)c1. The van der Waals surface area contributed by atoms with E-state index in [1.54, 1.807) is 18.2 Å². The van der Waals surface area contributed by atoms with Crippen LogP contribution in [0.4, 0.5) is 5.69 Å². The molecule has 2 N–H and O–H groups in total. The van der Waals surface area contributed by atoms with E-state index in [0.717, 1.165) is 21.5 Å². The van der Waals surface area contributed by atoms with Gasteiger partial charge in [0.1, 0.15) is 12.4 Å². The lowest BCUT2D eigenvalue weighted by atomic mass is 10.2. The Morgan fingerprint density at radius 1 is 1.29 bits per heavy atom. The van der Waals surface area contributed by atoms with Crippen molar-refractivity contribution in [1.82, 2.24) is 0 Å². The molecule has 0 aliphatic rings. The van der Waals surface area contributed by atoms with Crippen molar-refractivity contribution in [3.63, 3.8) is 0 Å². The van der Waals surface area contributed by atoms with Crippen molar-refractivity contribution >= 4 is 27.6 Å². The molecule has 0 unspecified atom stereocenters. The predicted molar refractivity (Wildman–Crippen MR) is 86.3 cm³/mol. The normalized spacial score (nSPS) is 10.2. The van der Waals surface area contributed by atoms with Gasteiger partial charge >= 0.3 is 5.97 Å². The molecule has 0 aliphatic carbocycles. The number of aromatic carboxylic acids is 1. The van der Waals surface area contributed by atoms with E-state index in [-0.39, 0.29) is 5.56 Å². The van der Waals surface area contributed by atoms with Crippen LogP contribution in [-0.2, 0) is 0 Å². The zero-order valence-electron chi connectivity index (χ0n) is 11.6. The van der Waals surface area contributed by atoms with Gasteiger partial charge in [0.15, 0.2) is 0 Å². The number of hydrogen-bond acceptors (Lipinski definition) is 3. The van der Waals surface area contributed by atoms with Crippen molar-refractivity contribution in [2.45, 2.75) is 6.92 Å². The second kappa shape index (κ2) is 7.13. The summed E-state index contributed by atoms with van der Waals surface area (Å²) >= 11 is 3.36. The summed E-state index contributed by atoms with van der Waals surface area (Å²) in [5.74, 6) is -0.0953. The molecule has 5 heteroatoms. The lowest BCUT2D eigenvalue weighted by molar-refractivity contribution is 0.0697. The van der Waals surface area contributed by atoms with Gasteiger partial charge in [-0.2, -0.15) is 0 Å². The number of anilines is 1. The predicted octanol–water partition coefficient (Wildman–Crippen LogP) is 3.95. The third-order valence-electron chi connectivity index (χ3n) is 2.89. The van der Waals surface area contributed by atoms with Crippen LogP contribution in [0.25, 0.3) is 0 Å². The summed E-state index contributed by atoms with van der Waals surface area (Å²) in [7, 11) is 0. The maximum Gasteiger partial charge on any atom is 0.335 e. The van der Waals surface area contributed by atoms with Crippen LogP contribution in [0.1, 0.15) is 15.9 Å². The molecule has 0 saturated carbocycles. The summed E-state index contributed by atoms with van der Waals surface area (Å²) in [4.78, 5) is 10.8. The van der Waals surface area contributed by atoms with Gasteiger partial charge in [-0.15, -0.1) is 0 Å². The molecule has 0 radical (unpaired) electrons. The minimum absolute atomic E-state index is 0.253. The van der Waals surface area contributed by atoms with Crippen molar-refractivity contribution in [2.24, 2.45) is 0 Å². The second-order valence-electron chi connectivity index (χ2n) is 4.59. The molecule has 0 saturated heterocycles. The van der Waals surface area contributed by atoms with Gasteiger partial charge in [0.05, 0.1) is 5.56 Å². The first kappa shape index (κ1) is 15.4. The average Bonchev–Trinajstić information content (AvgIpc) is 2.45. The van der Waals surface area contributed by atoms with E-state index < -0.39 is 5.97 Å². The molecule has 0 atom stereocenters. The molecule has 0 amide bonds. The van der Waals surface area contributed by atoms with Gasteiger partial charge in [-0.1, -0.05) is 12.1 Å². The molecular formula is C16H16BrNO3. The van der Waals surface area contributed by atoms with E-state index in [1.165, 1.54) is 0 Å². The largest absolute Gasteiger partial charge is 0.492 e. The lowest BCUT2D eigenvalue weighted by Gasteiger charge is -2.11. The minimum Gasteiger partial charge on any atom is -0.492 e. The number of hydrogen-bond donors (Lipinski definition) is 2. The number of ether oxygens (including phenoxy) is 1. The molecule has 0 bridgehead atoms. The van der Waals surface area contributed by atoms with Gasteiger partial charge in [0.2, 0.25) is 0 Å². The number of carboxylic acids is 1. The molecule has 110 valence electrons. The van der Waals surface area contributed by atoms with E-state index in [9.17, 15) is 4.79 Å². The van der Waals surface area contributed by atoms with Gasteiger partial charge in [0, 0.05) is 16.7 Å². The first-order valence-corrected chi connectivity index (χ1v) is 7.32. The average molecular weight is 350 g/mol. The van der Waals surface area contributed by atoms with Gasteiger partial charge in [-0.05, 0) is 58.7 Å². The molecule has 0 heterocycles. The maximum absolute atomic E-state index is 10.8. The Bertz CT molecular complexity index is 643. The fourth-order valence-electron chi connectivity index (χ4n) is 1.85. The smallest absolute Gasteiger partial charge is 0.335 e. The number of halogens is 1. The van der Waals surface area contributed by atoms with Crippen LogP contribution < -0.4 is 10.1 Å². The van der Waals surface area contributed by atoms with Crippen molar-refractivity contribution < 1.29 is 14.6 Å². The highest BCUT2D eigenvalue weighted by Crippen LogP contribution is 2.23. The van der Waals surface area contributed by atoms with E-state index in [0.29, 0.717) is 13.2 Å². The highest BCUT2D eigenvalue weighted by Gasteiger charge is 2.06. The quantitative estimate of drug-likeness (QED) is 0.775. The van der Waals surface area contributed by atoms with Crippen molar-refractivity contribution in [2.75, 3.05) is 18.5 Å². The van der Waals surface area contributed by atoms with Gasteiger partial charge in [-0.25, -0.2) is 4.79 Å². The topological polar surface area (TPSA) is 58.6 Å². The van der Waals surface area contributed by atoms with Crippen molar-refractivity contribution in [3.8, 4) is 5.75 Å². The summed E-state index contributed by atoms with van der Waals surface area (Å²) in [5, 5.41) is 12.1. The summed E-state index contributed by atoms with van der Waals surface area (Å²) in [6.45, 7) is 3.17. The van der Waals surface area contributed by atoms with Gasteiger partial charge < -0.3 is 15.2 Å². The van der Waals surface area contributed by atoms with Crippen molar-refractivity contribution in [3.05, 3.63) is 58.1 Å². The molecule has 21 heavy (non-hydrogen) atoms. The summed E-state index contributed by atoms with van der Waals surface area (Å²) in [5.41, 5.74) is 2.25. The fraction of sp³-hybridized carbons (Fsp3) is 0.188. The van der Waals surface area contributed by atoms with Crippen molar-refractivity contribution in [1.29, 1.82) is 0 Å². The Morgan fingerprint density at radius 3 is 2.76 bits per heavy atom. The zero-order chi connectivity index (χ0) is 15.2. The number of benzene rings is 2. The molecule has 2 aromatic carbocycles. The molecule has 0 fully saturated rings. The van der Waals surface area contributed by atoms with Crippen LogP contribution >= 0.6 is 15.9 Å². The first-order valence-electron chi connectivity index (χ1n) is 6.52. The van der Waals surface area contributed by atoms with Crippen LogP contribution in [-0.4, -0.2) is 24.2 Å². The van der Waals surface area contributed by atoms with Crippen LogP contribution in [0, 0.1) is 6.92 Å². The third-order valence-corrected chi connectivity index (χ3v) is 3.55. The number of carbonyl (C=O) groups is 1. The minimum atomic E-state index is -0.940. The fourth-order valence-corrected chi connectivity index (χ4v) is 2.37. The first-order chi connectivity index (χ1) is 10.1. The standard InChI is InChI=1S/C16H16BrNO3/c1-11-3-2-4-13(9-11)21-8-7-18-15-6-5-12(16(19)20)10-14(15)17/h2-6,9-10,18H,7-8H2,1H3,(H,19,20). The lowest BCUT2D eigenvalue weighted by Crippen LogP contribution is -2.12. The van der Waals surface area contributed by atoms with Gasteiger partial charge in [-0.3, -0.25) is 0 Å². The molecular weight excluding hydrogens is 334 g/mol. The van der Waals surface area contributed by atoms with Crippen LogP contribution in [0.3, 0.4) is 0 Å². The number of carboxylic acid groups (broad SMARTS) is 1. The monoisotopic (exact) mass is 349 g/mol. The molecule has 0 aliphatic heterocycles. The number of rotatable bonds is 6. The highest BCUT2D eigenvalue weighted by molar-refractivity contribution is 9.10. The molecule has 0 aromatic heterocycles. The second-order valence-corrected chi connectivity index (χ2v) is 5.45. The zero-order valence-corrected chi connectivity index (χ0v) is 13.2. The Labute approximate surface area is 131 Å². The molecule has 2 aromatic rings. The molecule has 2 rings (SSSR count). The third kappa shape index (κ3) is 4.49. The number of nitrogens with one attached hydrogen (secondary N) is 1. The maximum atomic E-state index is 10.8. The summed E-state index contributed by atoms with van der Waals surface area (Å²) < 4.78 is 6.36. The molecule has 4 nitrogen and oxygen atoms in total. The Morgan fingerprint density at radius 2 is 2.10 bits per heavy atom. The van der Waals surface area contributed by atoms with E-state index in [4.69, 9.17) is 9.84 Å². The van der Waals surface area contributed by atoms with E-state index in [1.807, 2.05) is 31.2 Å². The van der Waals surface area contributed by atoms with E-state index >= 15 is 0 Å². The van der Waals surface area contributed by atoms with Crippen LogP contribution in [0.5, 0.6) is 5.75 Å². The Hall–Kier alpha value is -2.01.